The van der Waals surface area contributed by atoms with Crippen LogP contribution in [-0.4, -0.2) is 43.0 Å². The molecule has 1 heterocycles. The number of benzene rings is 1. The van der Waals surface area contributed by atoms with E-state index in [1.807, 2.05) is 27.0 Å². The summed E-state index contributed by atoms with van der Waals surface area (Å²) < 4.78 is 0. The Labute approximate surface area is 121 Å². The summed E-state index contributed by atoms with van der Waals surface area (Å²) in [7, 11) is 1.86. The van der Waals surface area contributed by atoms with E-state index in [1.54, 1.807) is 4.90 Å². The van der Waals surface area contributed by atoms with Gasteiger partial charge in [-0.2, -0.15) is 0 Å². The molecule has 0 aliphatic carbocycles. The first-order valence-corrected chi connectivity index (χ1v) is 7.35. The third-order valence-electron chi connectivity index (χ3n) is 4.23. The lowest BCUT2D eigenvalue weighted by atomic mass is 9.95. The Morgan fingerprint density at radius 3 is 2.80 bits per heavy atom. The number of anilines is 1. The number of hydrogen-bond acceptors (Lipinski definition) is 3. The van der Waals surface area contributed by atoms with Crippen LogP contribution in [0.4, 0.5) is 5.69 Å². The quantitative estimate of drug-likeness (QED) is 0.908. The Kier molecular flexibility index (Phi) is 4.65. The molecule has 0 fully saturated rings. The number of aryl methyl sites for hydroxylation is 1. The predicted octanol–water partition coefficient (Wildman–Crippen LogP) is 1.63. The van der Waals surface area contributed by atoms with Gasteiger partial charge in [0.15, 0.2) is 0 Å². The van der Waals surface area contributed by atoms with Crippen LogP contribution in [0.15, 0.2) is 24.3 Å². The van der Waals surface area contributed by atoms with Gasteiger partial charge in [0, 0.05) is 31.4 Å². The van der Waals surface area contributed by atoms with E-state index in [4.69, 9.17) is 5.73 Å². The number of nitrogens with zero attached hydrogens (tertiary/aromatic N) is 2. The van der Waals surface area contributed by atoms with Gasteiger partial charge in [-0.3, -0.25) is 4.79 Å². The number of nitrogens with two attached hydrogens (primary N) is 1. The Bertz CT molecular complexity index is 473. The zero-order valence-electron chi connectivity index (χ0n) is 12.7. The van der Waals surface area contributed by atoms with Crippen LogP contribution in [0.1, 0.15) is 25.8 Å². The molecule has 1 amide bonds. The molecule has 0 aromatic heterocycles. The molecule has 20 heavy (non-hydrogen) atoms. The van der Waals surface area contributed by atoms with Crippen LogP contribution in [0.5, 0.6) is 0 Å². The number of hydrogen-bond donors (Lipinski definition) is 1. The second-order valence-electron chi connectivity index (χ2n) is 5.78. The number of carbonyl (C=O) groups excluding carboxylic acids is 1. The number of likely N-dealkylation sites (N-methyl/N-ethyl adjacent to an activating group) is 1. The first-order valence-electron chi connectivity index (χ1n) is 7.35. The third kappa shape index (κ3) is 2.96. The van der Waals surface area contributed by atoms with Gasteiger partial charge < -0.3 is 15.5 Å². The zero-order valence-corrected chi connectivity index (χ0v) is 12.7. The summed E-state index contributed by atoms with van der Waals surface area (Å²) in [5.41, 5.74) is 8.38. The molecule has 1 atom stereocenters. The van der Waals surface area contributed by atoms with Crippen LogP contribution >= 0.6 is 0 Å². The van der Waals surface area contributed by atoms with E-state index in [9.17, 15) is 4.79 Å². The summed E-state index contributed by atoms with van der Waals surface area (Å²) in [4.78, 5) is 16.3. The van der Waals surface area contributed by atoms with Crippen LogP contribution < -0.4 is 10.6 Å². The summed E-state index contributed by atoms with van der Waals surface area (Å²) in [6, 6.07) is 8.81. The van der Waals surface area contributed by atoms with Crippen molar-refractivity contribution in [2.75, 3.05) is 25.0 Å². The average molecular weight is 275 g/mol. The maximum atomic E-state index is 12.4. The normalized spacial score (nSPS) is 18.1. The lowest BCUT2D eigenvalue weighted by molar-refractivity contribution is -0.129. The van der Waals surface area contributed by atoms with Crippen molar-refractivity contribution in [2.45, 2.75) is 38.8 Å². The molecule has 1 aliphatic rings. The van der Waals surface area contributed by atoms with Gasteiger partial charge in [0.25, 0.3) is 0 Å². The monoisotopic (exact) mass is 275 g/mol. The molecule has 110 valence electrons. The highest BCUT2D eigenvalue weighted by Crippen LogP contribution is 2.30. The highest BCUT2D eigenvalue weighted by Gasteiger charge is 2.27. The van der Waals surface area contributed by atoms with Gasteiger partial charge in [-0.15, -0.1) is 0 Å². The summed E-state index contributed by atoms with van der Waals surface area (Å²) in [5, 5.41) is 0. The van der Waals surface area contributed by atoms with E-state index in [0.717, 1.165) is 12.8 Å². The second-order valence-corrected chi connectivity index (χ2v) is 5.78. The molecule has 4 heteroatoms. The Morgan fingerprint density at radius 1 is 1.45 bits per heavy atom. The molecule has 0 saturated heterocycles. The number of rotatable bonds is 4. The van der Waals surface area contributed by atoms with Crippen LogP contribution in [0.25, 0.3) is 0 Å². The summed E-state index contributed by atoms with van der Waals surface area (Å²) in [6.07, 6.45) is 2.06. The number of amides is 1. The van der Waals surface area contributed by atoms with Crippen molar-refractivity contribution < 1.29 is 4.79 Å². The molecule has 1 aromatic rings. The predicted molar refractivity (Wildman–Crippen MR) is 82.9 cm³/mol. The number of para-hydroxylation sites is 1. The minimum absolute atomic E-state index is 0.148. The molecule has 1 unspecified atom stereocenters. The van der Waals surface area contributed by atoms with Crippen molar-refractivity contribution in [1.82, 2.24) is 4.90 Å². The Balaban J connectivity index is 2.21. The molecule has 2 rings (SSSR count). The van der Waals surface area contributed by atoms with Crippen LogP contribution in [0.2, 0.25) is 0 Å². The van der Waals surface area contributed by atoms with E-state index in [-0.39, 0.29) is 18.0 Å². The maximum Gasteiger partial charge on any atom is 0.242 e. The topological polar surface area (TPSA) is 49.6 Å². The van der Waals surface area contributed by atoms with Crippen molar-refractivity contribution in [1.29, 1.82) is 0 Å². The molecule has 1 aromatic carbocycles. The van der Waals surface area contributed by atoms with Gasteiger partial charge >= 0.3 is 0 Å². The first kappa shape index (κ1) is 14.9. The highest BCUT2D eigenvalue weighted by molar-refractivity contribution is 5.82. The average Bonchev–Trinajstić information content (AvgIpc) is 2.46. The number of fused-ring (bicyclic) bond motifs is 1. The van der Waals surface area contributed by atoms with E-state index < -0.39 is 0 Å². The molecule has 2 N–H and O–H groups in total. The third-order valence-corrected chi connectivity index (χ3v) is 4.23. The molecular weight excluding hydrogens is 250 g/mol. The summed E-state index contributed by atoms with van der Waals surface area (Å²) in [6.45, 7) is 5.06. The second kappa shape index (κ2) is 6.27. The van der Waals surface area contributed by atoms with Crippen molar-refractivity contribution in [3.8, 4) is 0 Å². The lowest BCUT2D eigenvalue weighted by Gasteiger charge is -2.39. The van der Waals surface area contributed by atoms with Crippen molar-refractivity contribution in [2.24, 2.45) is 5.73 Å². The smallest absolute Gasteiger partial charge is 0.242 e. The van der Waals surface area contributed by atoms with Gasteiger partial charge in [-0.25, -0.2) is 0 Å². The first-order chi connectivity index (χ1) is 9.54. The molecule has 0 bridgehead atoms. The minimum Gasteiger partial charge on any atom is -0.358 e. The minimum atomic E-state index is 0.148. The Hall–Kier alpha value is -1.55. The summed E-state index contributed by atoms with van der Waals surface area (Å²) >= 11 is 0. The Morgan fingerprint density at radius 2 is 2.15 bits per heavy atom. The standard InChI is InChI=1S/C16H25N3O/c1-12(2)18(3)16(20)11-19-14(10-17)9-8-13-6-4-5-7-15(13)19/h4-7,12,14H,8-11,17H2,1-3H3. The van der Waals surface area contributed by atoms with Gasteiger partial charge in [0.2, 0.25) is 5.91 Å². The SMILES string of the molecule is CC(C)N(C)C(=O)CN1c2ccccc2CCC1CN. The van der Waals surface area contributed by atoms with E-state index >= 15 is 0 Å². The maximum absolute atomic E-state index is 12.4. The van der Waals surface area contributed by atoms with Crippen molar-refractivity contribution in [3.63, 3.8) is 0 Å². The fourth-order valence-electron chi connectivity index (χ4n) is 2.68. The fourth-order valence-corrected chi connectivity index (χ4v) is 2.68. The highest BCUT2D eigenvalue weighted by atomic mass is 16.2. The molecule has 1 aliphatic heterocycles. The molecule has 0 saturated carbocycles. The van der Waals surface area contributed by atoms with Gasteiger partial charge in [0.05, 0.1) is 6.54 Å². The van der Waals surface area contributed by atoms with Gasteiger partial charge in [0.1, 0.15) is 0 Å². The zero-order chi connectivity index (χ0) is 14.7. The molecule has 4 nitrogen and oxygen atoms in total. The van der Waals surface area contributed by atoms with Crippen molar-refractivity contribution >= 4 is 11.6 Å². The van der Waals surface area contributed by atoms with Crippen LogP contribution in [0, 0.1) is 0 Å². The largest absolute Gasteiger partial charge is 0.358 e. The lowest BCUT2D eigenvalue weighted by Crippen LogP contribution is -2.50. The van der Waals surface area contributed by atoms with E-state index in [1.165, 1.54) is 11.3 Å². The molecule has 0 radical (unpaired) electrons. The summed E-state index contributed by atoms with van der Waals surface area (Å²) in [5.74, 6) is 0.148. The van der Waals surface area contributed by atoms with Gasteiger partial charge in [-0.05, 0) is 38.3 Å². The van der Waals surface area contributed by atoms with Crippen molar-refractivity contribution in [3.05, 3.63) is 29.8 Å². The van der Waals surface area contributed by atoms with E-state index in [2.05, 4.69) is 23.1 Å². The number of carbonyl (C=O) groups is 1. The molecular formula is C16H25N3O. The van der Waals surface area contributed by atoms with Crippen LogP contribution in [0.3, 0.4) is 0 Å². The van der Waals surface area contributed by atoms with E-state index in [0.29, 0.717) is 13.1 Å². The molecule has 0 spiro atoms. The van der Waals surface area contributed by atoms with Crippen LogP contribution in [-0.2, 0) is 11.2 Å². The van der Waals surface area contributed by atoms with Gasteiger partial charge in [-0.1, -0.05) is 18.2 Å². The fraction of sp³-hybridized carbons (Fsp3) is 0.562.